The topological polar surface area (TPSA) is 59.1 Å². The van der Waals surface area contributed by atoms with Gasteiger partial charge in [-0.25, -0.2) is 4.79 Å². The zero-order chi connectivity index (χ0) is 17.7. The lowest BCUT2D eigenvalue weighted by Crippen LogP contribution is -2.38. The van der Waals surface area contributed by atoms with Crippen LogP contribution in [-0.2, 0) is 16.0 Å². The van der Waals surface area contributed by atoms with Crippen LogP contribution in [0.1, 0.15) is 23.1 Å². The lowest BCUT2D eigenvalue weighted by molar-refractivity contribution is -0.130. The molecule has 24 heavy (non-hydrogen) atoms. The summed E-state index contributed by atoms with van der Waals surface area (Å²) in [5, 5.41) is 0. The summed E-state index contributed by atoms with van der Waals surface area (Å²) in [6, 6.07) is 4.02. The molecule has 2 rings (SSSR count). The van der Waals surface area contributed by atoms with Crippen molar-refractivity contribution < 1.29 is 19.1 Å². The Kier molecular flexibility index (Phi) is 6.06. The number of hydrogen-bond donors (Lipinski definition) is 0. The van der Waals surface area contributed by atoms with Crippen molar-refractivity contribution in [3.63, 3.8) is 0 Å². The molecule has 0 atom stereocenters. The van der Waals surface area contributed by atoms with Crippen molar-refractivity contribution in [2.75, 3.05) is 40.4 Å². The third kappa shape index (κ3) is 4.19. The van der Waals surface area contributed by atoms with Gasteiger partial charge in [-0.05, 0) is 37.5 Å². The molecule has 0 spiro atoms. The van der Waals surface area contributed by atoms with Crippen LogP contribution in [0, 0.1) is 13.8 Å². The molecule has 6 heteroatoms. The molecule has 0 saturated carbocycles. The van der Waals surface area contributed by atoms with Crippen LogP contribution in [-0.4, -0.2) is 62.2 Å². The Morgan fingerprint density at radius 1 is 1.04 bits per heavy atom. The number of nitrogens with zero attached hydrogens (tertiary/aromatic N) is 2. The number of aryl methyl sites for hydroxylation is 2. The molecule has 0 N–H and O–H groups in total. The molecule has 1 fully saturated rings. The Hall–Kier alpha value is -2.24. The first-order valence-electron chi connectivity index (χ1n) is 8.21. The predicted octanol–water partition coefficient (Wildman–Crippen LogP) is 2.16. The van der Waals surface area contributed by atoms with Gasteiger partial charge in [-0.2, -0.15) is 0 Å². The Morgan fingerprint density at radius 3 is 2.38 bits per heavy atom. The average molecular weight is 334 g/mol. The van der Waals surface area contributed by atoms with Gasteiger partial charge in [0, 0.05) is 31.7 Å². The van der Waals surface area contributed by atoms with Gasteiger partial charge in [0.25, 0.3) is 0 Å². The van der Waals surface area contributed by atoms with Crippen molar-refractivity contribution in [2.45, 2.75) is 26.7 Å². The molecule has 0 aromatic heterocycles. The fourth-order valence-corrected chi connectivity index (χ4v) is 3.11. The van der Waals surface area contributed by atoms with Gasteiger partial charge in [-0.1, -0.05) is 6.07 Å². The van der Waals surface area contributed by atoms with E-state index in [4.69, 9.17) is 9.47 Å². The van der Waals surface area contributed by atoms with Crippen LogP contribution in [0.2, 0.25) is 0 Å². The molecule has 0 unspecified atom stereocenters. The molecule has 6 nitrogen and oxygen atoms in total. The summed E-state index contributed by atoms with van der Waals surface area (Å²) in [6.45, 7) is 6.31. The summed E-state index contributed by atoms with van der Waals surface area (Å²) in [4.78, 5) is 27.8. The number of amides is 2. The third-order valence-electron chi connectivity index (χ3n) is 4.41. The molecule has 132 valence electrons. The first-order chi connectivity index (χ1) is 11.5. The van der Waals surface area contributed by atoms with Crippen LogP contribution < -0.4 is 4.74 Å². The van der Waals surface area contributed by atoms with E-state index in [1.54, 1.807) is 12.0 Å². The highest BCUT2D eigenvalue weighted by Gasteiger charge is 2.23. The summed E-state index contributed by atoms with van der Waals surface area (Å²) < 4.78 is 10.2. The molecule has 1 aromatic rings. The fourth-order valence-electron chi connectivity index (χ4n) is 3.11. The van der Waals surface area contributed by atoms with E-state index in [-0.39, 0.29) is 12.0 Å². The van der Waals surface area contributed by atoms with E-state index in [0.717, 1.165) is 28.9 Å². The Morgan fingerprint density at radius 2 is 1.71 bits per heavy atom. The molecular formula is C18H26N2O4. The fraction of sp³-hybridized carbons (Fsp3) is 0.556. The van der Waals surface area contributed by atoms with Gasteiger partial charge >= 0.3 is 6.09 Å². The highest BCUT2D eigenvalue weighted by molar-refractivity contribution is 5.80. The van der Waals surface area contributed by atoms with Crippen molar-refractivity contribution in [1.82, 2.24) is 9.80 Å². The van der Waals surface area contributed by atoms with Gasteiger partial charge < -0.3 is 19.3 Å². The van der Waals surface area contributed by atoms with Crippen LogP contribution in [0.3, 0.4) is 0 Å². The number of ether oxygens (including phenoxy) is 2. The number of methoxy groups -OCH3 is 2. The van der Waals surface area contributed by atoms with Crippen molar-refractivity contribution in [3.05, 3.63) is 28.8 Å². The quantitative estimate of drug-likeness (QED) is 0.850. The minimum Gasteiger partial charge on any atom is -0.496 e. The molecule has 0 radical (unpaired) electrons. The molecule has 0 bridgehead atoms. The van der Waals surface area contributed by atoms with Crippen LogP contribution in [0.5, 0.6) is 5.75 Å². The molecule has 1 aliphatic heterocycles. The van der Waals surface area contributed by atoms with Gasteiger partial charge in [0.2, 0.25) is 5.91 Å². The van der Waals surface area contributed by atoms with Crippen LogP contribution in [0.15, 0.2) is 12.1 Å². The van der Waals surface area contributed by atoms with E-state index in [2.05, 4.69) is 6.07 Å². The van der Waals surface area contributed by atoms with Crippen LogP contribution in [0.4, 0.5) is 4.79 Å². The van der Waals surface area contributed by atoms with Gasteiger partial charge in [0.15, 0.2) is 0 Å². The maximum Gasteiger partial charge on any atom is 0.409 e. The molecular weight excluding hydrogens is 308 g/mol. The number of rotatable bonds is 3. The van der Waals surface area contributed by atoms with Crippen LogP contribution >= 0.6 is 0 Å². The second kappa shape index (κ2) is 8.04. The predicted molar refractivity (Wildman–Crippen MR) is 91.3 cm³/mol. The Balaban J connectivity index is 2.06. The van der Waals surface area contributed by atoms with Gasteiger partial charge in [0.05, 0.1) is 20.6 Å². The zero-order valence-corrected chi connectivity index (χ0v) is 14.9. The minimum absolute atomic E-state index is 0.0620. The maximum absolute atomic E-state index is 12.7. The van der Waals surface area contributed by atoms with E-state index in [1.807, 2.05) is 24.8 Å². The number of hydrogen-bond acceptors (Lipinski definition) is 4. The summed E-state index contributed by atoms with van der Waals surface area (Å²) in [5.74, 6) is 0.818. The first-order valence-corrected chi connectivity index (χ1v) is 8.21. The summed E-state index contributed by atoms with van der Waals surface area (Å²) in [7, 11) is 3.00. The van der Waals surface area contributed by atoms with E-state index >= 15 is 0 Å². The average Bonchev–Trinajstić information content (AvgIpc) is 2.82. The van der Waals surface area contributed by atoms with Crippen molar-refractivity contribution >= 4 is 12.0 Å². The number of benzene rings is 1. The maximum atomic E-state index is 12.7. The second-order valence-electron chi connectivity index (χ2n) is 6.13. The largest absolute Gasteiger partial charge is 0.496 e. The standard InChI is InChI=1S/C18H26N2O4/c1-13-10-14(2)15(16(11-13)23-3)12-17(21)19-6-5-7-20(9-8-19)18(22)24-4/h10-11H,5-9,12H2,1-4H3. The van der Waals surface area contributed by atoms with Gasteiger partial charge in [0.1, 0.15) is 5.75 Å². The van der Waals surface area contributed by atoms with E-state index in [1.165, 1.54) is 7.11 Å². The zero-order valence-electron chi connectivity index (χ0n) is 14.9. The Labute approximate surface area is 143 Å². The molecule has 1 heterocycles. The van der Waals surface area contributed by atoms with E-state index in [0.29, 0.717) is 32.6 Å². The monoisotopic (exact) mass is 334 g/mol. The van der Waals surface area contributed by atoms with E-state index in [9.17, 15) is 9.59 Å². The molecule has 1 aromatic carbocycles. The van der Waals surface area contributed by atoms with Crippen molar-refractivity contribution in [2.24, 2.45) is 0 Å². The molecule has 0 aliphatic carbocycles. The molecule has 2 amide bonds. The first kappa shape index (κ1) is 18.1. The van der Waals surface area contributed by atoms with Crippen molar-refractivity contribution in [3.8, 4) is 5.75 Å². The number of carbonyl (C=O) groups is 2. The highest BCUT2D eigenvalue weighted by Crippen LogP contribution is 2.25. The molecule has 1 saturated heterocycles. The lowest BCUT2D eigenvalue weighted by Gasteiger charge is -2.22. The van der Waals surface area contributed by atoms with E-state index < -0.39 is 0 Å². The Bertz CT molecular complexity index is 615. The number of carbonyl (C=O) groups excluding carboxylic acids is 2. The summed E-state index contributed by atoms with van der Waals surface area (Å²) in [5.41, 5.74) is 3.11. The van der Waals surface area contributed by atoms with Crippen LogP contribution in [0.25, 0.3) is 0 Å². The smallest absolute Gasteiger partial charge is 0.409 e. The molecule has 1 aliphatic rings. The van der Waals surface area contributed by atoms with Crippen molar-refractivity contribution in [1.29, 1.82) is 0 Å². The highest BCUT2D eigenvalue weighted by atomic mass is 16.5. The minimum atomic E-state index is -0.333. The second-order valence-corrected chi connectivity index (χ2v) is 6.13. The SMILES string of the molecule is COC(=O)N1CCCN(C(=O)Cc2c(C)cc(C)cc2OC)CC1. The lowest BCUT2D eigenvalue weighted by atomic mass is 10.0. The summed E-state index contributed by atoms with van der Waals surface area (Å²) in [6.07, 6.45) is 0.735. The third-order valence-corrected chi connectivity index (χ3v) is 4.41. The van der Waals surface area contributed by atoms with Gasteiger partial charge in [-0.3, -0.25) is 4.79 Å². The summed E-state index contributed by atoms with van der Waals surface area (Å²) >= 11 is 0. The van der Waals surface area contributed by atoms with Gasteiger partial charge in [-0.15, -0.1) is 0 Å². The normalized spacial score (nSPS) is 15.0.